The first-order chi connectivity index (χ1) is 14.8. The van der Waals surface area contributed by atoms with Gasteiger partial charge in [-0.05, 0) is 37.3 Å². The van der Waals surface area contributed by atoms with Crippen molar-refractivity contribution in [1.29, 1.82) is 0 Å². The van der Waals surface area contributed by atoms with Crippen molar-refractivity contribution in [2.24, 2.45) is 0 Å². The van der Waals surface area contributed by atoms with E-state index in [1.54, 1.807) is 25.1 Å². The monoisotopic (exact) mass is 456 g/mol. The van der Waals surface area contributed by atoms with Crippen LogP contribution in [0.2, 0.25) is 5.02 Å². The second-order valence-corrected chi connectivity index (χ2v) is 8.25. The second-order valence-electron chi connectivity index (χ2n) is 6.82. The molecule has 0 radical (unpaired) electrons. The van der Waals surface area contributed by atoms with E-state index in [9.17, 15) is 18.4 Å². The zero-order valence-corrected chi connectivity index (χ0v) is 17.7. The molecular weight excluding hydrogens is 442 g/mol. The molecule has 0 aliphatic carbocycles. The Labute approximate surface area is 185 Å². The number of hydrogen-bond donors (Lipinski definition) is 2. The van der Waals surface area contributed by atoms with E-state index >= 15 is 0 Å². The van der Waals surface area contributed by atoms with Gasteiger partial charge in [-0.25, -0.2) is 8.78 Å². The van der Waals surface area contributed by atoms with E-state index in [1.165, 1.54) is 11.3 Å². The van der Waals surface area contributed by atoms with Crippen LogP contribution in [0.25, 0.3) is 10.1 Å². The summed E-state index contributed by atoms with van der Waals surface area (Å²) in [6.45, 7) is 1.78. The maximum atomic E-state index is 13.9. The van der Waals surface area contributed by atoms with Gasteiger partial charge < -0.3 is 10.6 Å². The smallest absolute Gasteiger partial charge is 0.267 e. The second kappa shape index (κ2) is 8.45. The Hall–Kier alpha value is -3.29. The van der Waals surface area contributed by atoms with Gasteiger partial charge in [-0.2, -0.15) is 0 Å². The van der Waals surface area contributed by atoms with Gasteiger partial charge in [0, 0.05) is 16.2 Å². The summed E-state index contributed by atoms with van der Waals surface area (Å²) in [4.78, 5) is 26.0. The number of carbonyl (C=O) groups excluding carboxylic acids is 2. The van der Waals surface area contributed by atoms with Crippen LogP contribution in [0.4, 0.5) is 20.2 Å². The number of fused-ring (bicyclic) bond motifs is 1. The highest BCUT2D eigenvalue weighted by atomic mass is 35.5. The van der Waals surface area contributed by atoms with E-state index < -0.39 is 23.4 Å². The highest BCUT2D eigenvalue weighted by Gasteiger charge is 2.20. The minimum atomic E-state index is -0.899. The number of carbonyl (C=O) groups is 2. The molecule has 4 rings (SSSR count). The Morgan fingerprint density at radius 2 is 1.61 bits per heavy atom. The lowest BCUT2D eigenvalue weighted by Crippen LogP contribution is -2.18. The Bertz CT molecular complexity index is 1340. The average molecular weight is 457 g/mol. The molecule has 3 aromatic carbocycles. The van der Waals surface area contributed by atoms with Crippen LogP contribution in [-0.4, -0.2) is 11.8 Å². The number of rotatable bonds is 4. The Morgan fingerprint density at radius 3 is 2.35 bits per heavy atom. The molecule has 8 heteroatoms. The van der Waals surface area contributed by atoms with Crippen LogP contribution in [0.5, 0.6) is 0 Å². The first-order valence-electron chi connectivity index (χ1n) is 9.19. The SMILES string of the molecule is Cc1ccc(NC(=O)c2sc3ccccc3c2Cl)c(C(=O)Nc2ccc(F)cc2F)c1. The lowest BCUT2D eigenvalue weighted by atomic mass is 10.1. The Balaban J connectivity index is 1.64. The maximum Gasteiger partial charge on any atom is 0.267 e. The number of hydrogen-bond acceptors (Lipinski definition) is 3. The molecule has 31 heavy (non-hydrogen) atoms. The van der Waals surface area contributed by atoms with Crippen molar-refractivity contribution < 1.29 is 18.4 Å². The summed E-state index contributed by atoms with van der Waals surface area (Å²) in [6.07, 6.45) is 0. The highest BCUT2D eigenvalue weighted by molar-refractivity contribution is 7.21. The van der Waals surface area contributed by atoms with Crippen molar-refractivity contribution in [2.75, 3.05) is 10.6 Å². The third kappa shape index (κ3) is 4.28. The third-order valence-corrected chi connectivity index (χ3v) is 6.26. The van der Waals surface area contributed by atoms with Crippen molar-refractivity contribution in [1.82, 2.24) is 0 Å². The van der Waals surface area contributed by atoms with Crippen LogP contribution in [-0.2, 0) is 0 Å². The van der Waals surface area contributed by atoms with E-state index in [2.05, 4.69) is 10.6 Å². The lowest BCUT2D eigenvalue weighted by Gasteiger charge is -2.13. The van der Waals surface area contributed by atoms with Gasteiger partial charge in [-0.3, -0.25) is 9.59 Å². The van der Waals surface area contributed by atoms with Crippen molar-refractivity contribution >= 4 is 56.2 Å². The quantitative estimate of drug-likeness (QED) is 0.361. The summed E-state index contributed by atoms with van der Waals surface area (Å²) in [7, 11) is 0. The first kappa shape index (κ1) is 21.0. The molecule has 156 valence electrons. The predicted octanol–water partition coefficient (Wildman–Crippen LogP) is 6.65. The molecule has 0 aliphatic heterocycles. The number of thiophene rings is 1. The van der Waals surface area contributed by atoms with Crippen LogP contribution >= 0.6 is 22.9 Å². The van der Waals surface area contributed by atoms with Gasteiger partial charge in [0.05, 0.1) is 22.0 Å². The fourth-order valence-electron chi connectivity index (χ4n) is 3.07. The van der Waals surface area contributed by atoms with Gasteiger partial charge in [-0.15, -0.1) is 11.3 Å². The molecular formula is C23H15ClF2N2O2S. The molecule has 4 nitrogen and oxygen atoms in total. The normalized spacial score (nSPS) is 10.8. The molecule has 0 saturated heterocycles. The largest absolute Gasteiger partial charge is 0.320 e. The van der Waals surface area contributed by atoms with Gasteiger partial charge in [0.15, 0.2) is 0 Å². The fourth-order valence-corrected chi connectivity index (χ4v) is 4.49. The molecule has 0 atom stereocenters. The van der Waals surface area contributed by atoms with Crippen LogP contribution in [0.15, 0.2) is 60.7 Å². The minimum absolute atomic E-state index is 0.134. The van der Waals surface area contributed by atoms with Gasteiger partial charge in [0.25, 0.3) is 11.8 Å². The van der Waals surface area contributed by atoms with Crippen molar-refractivity contribution in [2.45, 2.75) is 6.92 Å². The van der Waals surface area contributed by atoms with Crippen molar-refractivity contribution in [3.8, 4) is 0 Å². The van der Waals surface area contributed by atoms with E-state index in [4.69, 9.17) is 11.6 Å². The number of aryl methyl sites for hydroxylation is 1. The summed E-state index contributed by atoms with van der Waals surface area (Å²) < 4.78 is 27.9. The average Bonchev–Trinajstić information content (AvgIpc) is 3.08. The molecule has 2 N–H and O–H groups in total. The van der Waals surface area contributed by atoms with E-state index in [1.807, 2.05) is 24.3 Å². The number of anilines is 2. The van der Waals surface area contributed by atoms with Gasteiger partial charge in [0.1, 0.15) is 16.5 Å². The Kier molecular flexibility index (Phi) is 5.71. The number of amides is 2. The van der Waals surface area contributed by atoms with Crippen molar-refractivity contribution in [3.05, 3.63) is 93.3 Å². The maximum absolute atomic E-state index is 13.9. The van der Waals surface area contributed by atoms with Crippen LogP contribution < -0.4 is 10.6 Å². The van der Waals surface area contributed by atoms with Gasteiger partial charge in [-0.1, -0.05) is 41.4 Å². The minimum Gasteiger partial charge on any atom is -0.320 e. The summed E-state index contributed by atoms with van der Waals surface area (Å²) in [6, 6.07) is 15.1. The molecule has 0 aliphatic rings. The standard InChI is InChI=1S/C23H15ClF2N2O2S/c1-12-6-8-17(15(10-12)22(29)28-18-9-7-13(25)11-16(18)26)27-23(30)21-20(24)14-4-2-3-5-19(14)31-21/h2-11H,1H3,(H,27,30)(H,28,29). The van der Waals surface area contributed by atoms with E-state index in [0.29, 0.717) is 16.0 Å². The predicted molar refractivity (Wildman–Crippen MR) is 120 cm³/mol. The number of halogens is 3. The van der Waals surface area contributed by atoms with Gasteiger partial charge in [0.2, 0.25) is 0 Å². The molecule has 4 aromatic rings. The van der Waals surface area contributed by atoms with E-state index in [-0.39, 0.29) is 16.9 Å². The molecule has 0 unspecified atom stereocenters. The number of benzene rings is 3. The summed E-state index contributed by atoms with van der Waals surface area (Å²) >= 11 is 7.63. The third-order valence-electron chi connectivity index (χ3n) is 4.59. The molecule has 0 fully saturated rings. The molecule has 1 heterocycles. The summed E-state index contributed by atoms with van der Waals surface area (Å²) in [5.41, 5.74) is 0.971. The molecule has 0 bridgehead atoms. The number of nitrogens with one attached hydrogen (secondary N) is 2. The van der Waals surface area contributed by atoms with Gasteiger partial charge >= 0.3 is 0 Å². The molecule has 0 saturated carbocycles. The van der Waals surface area contributed by atoms with Crippen molar-refractivity contribution in [3.63, 3.8) is 0 Å². The molecule has 1 aromatic heterocycles. The zero-order chi connectivity index (χ0) is 22.1. The van der Waals surface area contributed by atoms with E-state index in [0.717, 1.165) is 27.8 Å². The first-order valence-corrected chi connectivity index (χ1v) is 10.4. The van der Waals surface area contributed by atoms with Crippen LogP contribution in [0, 0.1) is 18.6 Å². The summed E-state index contributed by atoms with van der Waals surface area (Å²) in [5, 5.41) is 6.24. The fraction of sp³-hybridized carbons (Fsp3) is 0.0435. The molecule has 2 amide bonds. The lowest BCUT2D eigenvalue weighted by molar-refractivity contribution is 0.102. The molecule has 0 spiro atoms. The Morgan fingerprint density at radius 1 is 0.903 bits per heavy atom. The van der Waals surface area contributed by atoms with Crippen LogP contribution in [0.1, 0.15) is 25.6 Å². The summed E-state index contributed by atoms with van der Waals surface area (Å²) in [5.74, 6) is -2.76. The highest BCUT2D eigenvalue weighted by Crippen LogP contribution is 2.35. The topological polar surface area (TPSA) is 58.2 Å². The van der Waals surface area contributed by atoms with Crippen LogP contribution in [0.3, 0.4) is 0 Å². The zero-order valence-electron chi connectivity index (χ0n) is 16.1.